The molecule has 0 amide bonds. The molecule has 0 radical (unpaired) electrons. The van der Waals surface area contributed by atoms with Crippen LogP contribution in [-0.2, 0) is 0 Å². The van der Waals surface area contributed by atoms with Crippen LogP contribution in [0, 0.1) is 13.8 Å². The van der Waals surface area contributed by atoms with Gasteiger partial charge in [0.2, 0.25) is 0 Å². The maximum absolute atomic E-state index is 3.71. The second-order valence-corrected chi connectivity index (χ2v) is 6.86. The maximum Gasteiger partial charge on any atom is 0.0409 e. The molecule has 2 rings (SSSR count). The summed E-state index contributed by atoms with van der Waals surface area (Å²) in [6, 6.07) is 9.38. The van der Waals surface area contributed by atoms with E-state index in [9.17, 15) is 0 Å². The molecule has 0 aliphatic carbocycles. The molecular weight excluding hydrogens is 318 g/mol. The summed E-state index contributed by atoms with van der Waals surface area (Å²) in [5, 5.41) is 3.37. The van der Waals surface area contributed by atoms with Crippen LogP contribution in [0.1, 0.15) is 35.4 Å². The summed E-state index contributed by atoms with van der Waals surface area (Å²) in [5.41, 5.74) is 3.96. The molecule has 1 aromatic heterocycles. The number of halogens is 1. The lowest BCUT2D eigenvalue weighted by Gasteiger charge is -2.11. The highest BCUT2D eigenvalue weighted by atomic mass is 79.9. The van der Waals surface area contributed by atoms with E-state index in [1.165, 1.54) is 30.9 Å². The lowest BCUT2D eigenvalue weighted by molar-refractivity contribution is 0.586. The van der Waals surface area contributed by atoms with Gasteiger partial charge in [-0.2, -0.15) is 0 Å². The molecule has 1 heterocycles. The van der Waals surface area contributed by atoms with Gasteiger partial charge < -0.3 is 5.32 Å². The van der Waals surface area contributed by atoms with Crippen molar-refractivity contribution in [3.8, 4) is 10.4 Å². The maximum atomic E-state index is 3.71. The standard InChI is InChI=1S/C16H20BrNS/c1-5-13(18-4)14-6-7-15(19-14)16-11(3)8-10(2)9-12(16)17/h6-9,13,18H,5H2,1-4H3. The van der Waals surface area contributed by atoms with Gasteiger partial charge in [0.1, 0.15) is 0 Å². The van der Waals surface area contributed by atoms with E-state index >= 15 is 0 Å². The van der Waals surface area contributed by atoms with Gasteiger partial charge in [-0.05, 0) is 56.6 Å². The second kappa shape index (κ2) is 6.21. The van der Waals surface area contributed by atoms with E-state index in [0.717, 1.165) is 6.42 Å². The van der Waals surface area contributed by atoms with E-state index in [0.29, 0.717) is 6.04 Å². The third kappa shape index (κ3) is 3.10. The lowest BCUT2D eigenvalue weighted by Crippen LogP contribution is -2.13. The Kier molecular flexibility index (Phi) is 4.82. The van der Waals surface area contributed by atoms with Gasteiger partial charge in [-0.25, -0.2) is 0 Å². The SMILES string of the molecule is CCC(NC)c1ccc(-c2c(C)cc(C)cc2Br)s1. The minimum Gasteiger partial charge on any atom is -0.312 e. The molecule has 19 heavy (non-hydrogen) atoms. The highest BCUT2D eigenvalue weighted by molar-refractivity contribution is 9.10. The number of aryl methyl sites for hydroxylation is 2. The quantitative estimate of drug-likeness (QED) is 0.780. The van der Waals surface area contributed by atoms with Crippen molar-refractivity contribution in [1.29, 1.82) is 0 Å². The van der Waals surface area contributed by atoms with Crippen molar-refractivity contribution >= 4 is 27.3 Å². The normalized spacial score (nSPS) is 12.7. The first kappa shape index (κ1) is 14.8. The summed E-state index contributed by atoms with van der Waals surface area (Å²) < 4.78 is 1.19. The van der Waals surface area contributed by atoms with Gasteiger partial charge in [0.25, 0.3) is 0 Å². The average molecular weight is 338 g/mol. The average Bonchev–Trinajstić information content (AvgIpc) is 2.78. The smallest absolute Gasteiger partial charge is 0.0409 e. The van der Waals surface area contributed by atoms with Crippen LogP contribution in [0.5, 0.6) is 0 Å². The summed E-state index contributed by atoms with van der Waals surface area (Å²) in [6.07, 6.45) is 1.12. The van der Waals surface area contributed by atoms with Gasteiger partial charge >= 0.3 is 0 Å². The van der Waals surface area contributed by atoms with Crippen LogP contribution in [0.25, 0.3) is 10.4 Å². The fraction of sp³-hybridized carbons (Fsp3) is 0.375. The Morgan fingerprint density at radius 1 is 1.26 bits per heavy atom. The van der Waals surface area contributed by atoms with Gasteiger partial charge in [-0.3, -0.25) is 0 Å². The van der Waals surface area contributed by atoms with E-state index < -0.39 is 0 Å². The van der Waals surface area contributed by atoms with Gasteiger partial charge in [0, 0.05) is 25.8 Å². The number of hydrogen-bond donors (Lipinski definition) is 1. The molecule has 1 aromatic carbocycles. The van der Waals surface area contributed by atoms with Crippen molar-refractivity contribution in [2.45, 2.75) is 33.2 Å². The molecule has 3 heteroatoms. The van der Waals surface area contributed by atoms with Crippen LogP contribution in [0.3, 0.4) is 0 Å². The van der Waals surface area contributed by atoms with E-state index in [1.54, 1.807) is 0 Å². The van der Waals surface area contributed by atoms with Crippen LogP contribution in [0.15, 0.2) is 28.7 Å². The largest absolute Gasteiger partial charge is 0.312 e. The molecule has 1 atom stereocenters. The van der Waals surface area contributed by atoms with E-state index in [-0.39, 0.29) is 0 Å². The summed E-state index contributed by atoms with van der Waals surface area (Å²) in [5.74, 6) is 0. The first-order valence-corrected chi connectivity index (χ1v) is 8.21. The van der Waals surface area contributed by atoms with Crippen molar-refractivity contribution in [1.82, 2.24) is 5.32 Å². The van der Waals surface area contributed by atoms with Crippen molar-refractivity contribution in [3.05, 3.63) is 44.7 Å². The topological polar surface area (TPSA) is 12.0 Å². The zero-order chi connectivity index (χ0) is 14.0. The molecule has 1 unspecified atom stereocenters. The van der Waals surface area contributed by atoms with Gasteiger partial charge in [-0.15, -0.1) is 11.3 Å². The van der Waals surface area contributed by atoms with Crippen molar-refractivity contribution < 1.29 is 0 Å². The fourth-order valence-corrected chi connectivity index (χ4v) is 4.79. The van der Waals surface area contributed by atoms with Gasteiger partial charge in [0.05, 0.1) is 0 Å². The molecule has 0 aliphatic heterocycles. The molecule has 1 nitrogen and oxygen atoms in total. The Labute approximate surface area is 128 Å². The highest BCUT2D eigenvalue weighted by Crippen LogP contribution is 2.38. The molecule has 0 bridgehead atoms. The van der Waals surface area contributed by atoms with Crippen molar-refractivity contribution in [2.75, 3.05) is 7.05 Å². The van der Waals surface area contributed by atoms with E-state index in [4.69, 9.17) is 0 Å². The van der Waals surface area contributed by atoms with Gasteiger partial charge in [-0.1, -0.05) is 28.9 Å². The highest BCUT2D eigenvalue weighted by Gasteiger charge is 2.14. The molecule has 1 N–H and O–H groups in total. The molecule has 0 saturated carbocycles. The first-order valence-electron chi connectivity index (χ1n) is 6.61. The molecule has 0 spiro atoms. The second-order valence-electron chi connectivity index (χ2n) is 4.89. The summed E-state index contributed by atoms with van der Waals surface area (Å²) in [4.78, 5) is 2.75. The van der Waals surface area contributed by atoms with Crippen molar-refractivity contribution in [3.63, 3.8) is 0 Å². The molecule has 2 aromatic rings. The van der Waals surface area contributed by atoms with Crippen LogP contribution in [-0.4, -0.2) is 7.05 Å². The van der Waals surface area contributed by atoms with E-state index in [1.807, 2.05) is 18.4 Å². The third-order valence-corrected chi connectivity index (χ3v) is 5.25. The summed E-state index contributed by atoms with van der Waals surface area (Å²) in [6.45, 7) is 6.53. The summed E-state index contributed by atoms with van der Waals surface area (Å²) in [7, 11) is 2.03. The minimum atomic E-state index is 0.461. The number of thiophene rings is 1. The number of rotatable bonds is 4. The third-order valence-electron chi connectivity index (χ3n) is 3.41. The molecule has 0 saturated heterocycles. The number of nitrogens with one attached hydrogen (secondary N) is 1. The van der Waals surface area contributed by atoms with Crippen LogP contribution in [0.2, 0.25) is 0 Å². The van der Waals surface area contributed by atoms with Crippen LogP contribution < -0.4 is 5.32 Å². The first-order chi connectivity index (χ1) is 9.06. The molecule has 0 aliphatic rings. The molecular formula is C16H20BrNS. The predicted molar refractivity (Wildman–Crippen MR) is 89.0 cm³/mol. The Morgan fingerprint density at radius 2 is 2.00 bits per heavy atom. The number of hydrogen-bond acceptors (Lipinski definition) is 2. The van der Waals surface area contributed by atoms with Gasteiger partial charge in [0.15, 0.2) is 0 Å². The van der Waals surface area contributed by atoms with E-state index in [2.05, 4.69) is 66.3 Å². The predicted octanol–water partition coefficient (Wildman–Crippen LogP) is 5.46. The van der Waals surface area contributed by atoms with Crippen LogP contribution >= 0.6 is 27.3 Å². The zero-order valence-electron chi connectivity index (χ0n) is 11.9. The Balaban J connectivity index is 2.43. The summed E-state index contributed by atoms with van der Waals surface area (Å²) >= 11 is 5.59. The van der Waals surface area contributed by atoms with Crippen LogP contribution in [0.4, 0.5) is 0 Å². The zero-order valence-corrected chi connectivity index (χ0v) is 14.3. The Morgan fingerprint density at radius 3 is 2.58 bits per heavy atom. The fourth-order valence-electron chi connectivity index (χ4n) is 2.45. The number of benzene rings is 1. The monoisotopic (exact) mass is 337 g/mol. The Bertz CT molecular complexity index is 547. The molecule has 0 fully saturated rings. The van der Waals surface area contributed by atoms with Crippen molar-refractivity contribution in [2.24, 2.45) is 0 Å². The molecule has 102 valence electrons. The minimum absolute atomic E-state index is 0.461. The Hall–Kier alpha value is -0.640. The lowest BCUT2D eigenvalue weighted by atomic mass is 10.0.